The van der Waals surface area contributed by atoms with E-state index in [9.17, 15) is 9.59 Å². The molecule has 0 radical (unpaired) electrons. The number of ether oxygens (including phenoxy) is 1. The zero-order valence-electron chi connectivity index (χ0n) is 15.0. The zero-order valence-corrected chi connectivity index (χ0v) is 15.0. The van der Waals surface area contributed by atoms with Gasteiger partial charge in [0.2, 0.25) is 5.91 Å². The van der Waals surface area contributed by atoms with Gasteiger partial charge in [-0.15, -0.1) is 0 Å². The first-order chi connectivity index (χ1) is 11.5. The van der Waals surface area contributed by atoms with Gasteiger partial charge in [0, 0.05) is 19.6 Å². The van der Waals surface area contributed by atoms with Crippen LogP contribution in [0.25, 0.3) is 0 Å². The Kier molecular flexibility index (Phi) is 6.23. The van der Waals surface area contributed by atoms with Crippen molar-refractivity contribution in [2.24, 2.45) is 5.92 Å². The van der Waals surface area contributed by atoms with Crippen molar-refractivity contribution in [3.05, 3.63) is 35.4 Å². The van der Waals surface area contributed by atoms with Gasteiger partial charge < -0.3 is 15.0 Å². The molecule has 1 atom stereocenters. The van der Waals surface area contributed by atoms with Gasteiger partial charge >= 0.3 is 6.09 Å². The number of nitrogens with zero attached hydrogens (tertiary/aromatic N) is 1. The molecule has 2 rings (SSSR count). The highest BCUT2D eigenvalue weighted by atomic mass is 16.5. The maximum absolute atomic E-state index is 12.7. The number of carbonyl (C=O) groups excluding carboxylic acids is 2. The van der Waals surface area contributed by atoms with E-state index in [0.29, 0.717) is 18.9 Å². The van der Waals surface area contributed by atoms with Crippen LogP contribution in [-0.2, 0) is 9.53 Å². The molecule has 24 heavy (non-hydrogen) atoms. The molecule has 1 aromatic carbocycles. The van der Waals surface area contributed by atoms with E-state index >= 15 is 0 Å². The molecule has 1 N–H and O–H groups in total. The third-order valence-corrected chi connectivity index (χ3v) is 5.16. The average molecular weight is 332 g/mol. The van der Waals surface area contributed by atoms with Crippen LogP contribution >= 0.6 is 0 Å². The van der Waals surface area contributed by atoms with Crippen molar-refractivity contribution in [2.45, 2.75) is 45.1 Å². The number of carbonyl (C=O) groups is 2. The smallest absolute Gasteiger partial charge is 0.406 e. The molecule has 0 heterocycles. The molecule has 0 aromatic heterocycles. The topological polar surface area (TPSA) is 58.6 Å². The van der Waals surface area contributed by atoms with Crippen LogP contribution < -0.4 is 5.32 Å². The lowest BCUT2D eigenvalue weighted by Gasteiger charge is -2.43. The fourth-order valence-electron chi connectivity index (χ4n) is 3.36. The van der Waals surface area contributed by atoms with Gasteiger partial charge in [-0.25, -0.2) is 4.79 Å². The third kappa shape index (κ3) is 4.08. The van der Waals surface area contributed by atoms with E-state index in [1.54, 1.807) is 0 Å². The highest BCUT2D eigenvalue weighted by molar-refractivity contribution is 5.80. The van der Waals surface area contributed by atoms with Crippen LogP contribution in [-0.4, -0.2) is 43.6 Å². The lowest BCUT2D eigenvalue weighted by atomic mass is 9.74. The van der Waals surface area contributed by atoms with E-state index < -0.39 is 6.09 Å². The molecular formula is C19H28N2O3. The highest BCUT2D eigenvalue weighted by Crippen LogP contribution is 2.40. The number of methoxy groups -OCH3 is 1. The molecule has 0 aliphatic heterocycles. The zero-order chi connectivity index (χ0) is 17.7. The number of hydrogen-bond acceptors (Lipinski definition) is 3. The summed E-state index contributed by atoms with van der Waals surface area (Å²) in [7, 11) is 3.20. The van der Waals surface area contributed by atoms with Gasteiger partial charge in [0.05, 0.1) is 13.0 Å². The molecule has 1 aromatic rings. The van der Waals surface area contributed by atoms with E-state index in [1.807, 2.05) is 18.9 Å². The van der Waals surface area contributed by atoms with Gasteiger partial charge in [-0.2, -0.15) is 0 Å². The molecule has 5 heteroatoms. The quantitative estimate of drug-likeness (QED) is 0.871. The minimum absolute atomic E-state index is 0.0992. The summed E-state index contributed by atoms with van der Waals surface area (Å²) >= 11 is 0. The van der Waals surface area contributed by atoms with E-state index in [2.05, 4.69) is 41.2 Å². The lowest BCUT2D eigenvalue weighted by Crippen LogP contribution is -2.48. The van der Waals surface area contributed by atoms with Crippen molar-refractivity contribution in [2.75, 3.05) is 20.7 Å². The van der Waals surface area contributed by atoms with Crippen LogP contribution in [0.2, 0.25) is 0 Å². The van der Waals surface area contributed by atoms with Crippen molar-refractivity contribution < 1.29 is 14.3 Å². The molecule has 0 spiro atoms. The number of amides is 2. The monoisotopic (exact) mass is 332 g/mol. The Morgan fingerprint density at radius 3 is 2.58 bits per heavy atom. The normalized spacial score (nSPS) is 20.7. The Bertz CT molecular complexity index is 582. The molecule has 0 unspecified atom stereocenters. The molecule has 0 bridgehead atoms. The van der Waals surface area contributed by atoms with Crippen molar-refractivity contribution in [1.82, 2.24) is 10.2 Å². The summed E-state index contributed by atoms with van der Waals surface area (Å²) in [5.74, 6) is 0.438. The van der Waals surface area contributed by atoms with Gasteiger partial charge in [-0.3, -0.25) is 4.79 Å². The first-order valence-electron chi connectivity index (χ1n) is 8.61. The van der Waals surface area contributed by atoms with Crippen LogP contribution in [0.1, 0.15) is 43.2 Å². The van der Waals surface area contributed by atoms with Crippen molar-refractivity contribution in [1.29, 1.82) is 0 Å². The van der Waals surface area contributed by atoms with E-state index in [0.717, 1.165) is 12.8 Å². The summed E-state index contributed by atoms with van der Waals surface area (Å²) in [5.41, 5.74) is 2.72. The number of alkyl carbamates (subject to hydrolysis) is 1. The summed E-state index contributed by atoms with van der Waals surface area (Å²) in [6, 6.07) is 8.76. The first-order valence-corrected chi connectivity index (χ1v) is 8.61. The molecule has 132 valence electrons. The minimum atomic E-state index is -0.493. The summed E-state index contributed by atoms with van der Waals surface area (Å²) in [5, 5.41) is 2.63. The summed E-state index contributed by atoms with van der Waals surface area (Å²) in [6.45, 7) is 4.43. The number of aryl methyl sites for hydroxylation is 1. The molecular weight excluding hydrogens is 304 g/mol. The van der Waals surface area contributed by atoms with Gasteiger partial charge in [0.1, 0.15) is 0 Å². The second-order valence-electron chi connectivity index (χ2n) is 6.61. The number of nitrogens with one attached hydrogen (secondary N) is 1. The van der Waals surface area contributed by atoms with Crippen LogP contribution in [0.4, 0.5) is 4.79 Å². The minimum Gasteiger partial charge on any atom is -0.453 e. The Labute approximate surface area is 144 Å². The van der Waals surface area contributed by atoms with Crippen LogP contribution in [0.5, 0.6) is 0 Å². The maximum Gasteiger partial charge on any atom is 0.406 e. The second kappa shape index (κ2) is 8.18. The molecule has 1 aliphatic rings. The van der Waals surface area contributed by atoms with Gasteiger partial charge in [0.25, 0.3) is 0 Å². The summed E-state index contributed by atoms with van der Waals surface area (Å²) in [4.78, 5) is 25.7. The van der Waals surface area contributed by atoms with E-state index in [-0.39, 0.29) is 17.9 Å². The number of hydrogen-bond donors (Lipinski definition) is 1. The molecule has 1 fully saturated rings. The average Bonchev–Trinajstić information content (AvgIpc) is 2.55. The number of benzene rings is 1. The fraction of sp³-hybridized carbons (Fsp3) is 0.579. The first kappa shape index (κ1) is 18.3. The van der Waals surface area contributed by atoms with E-state index in [4.69, 9.17) is 0 Å². The highest BCUT2D eigenvalue weighted by Gasteiger charge is 2.37. The van der Waals surface area contributed by atoms with Crippen LogP contribution in [0.3, 0.4) is 0 Å². The summed E-state index contributed by atoms with van der Waals surface area (Å²) < 4.78 is 4.56. The van der Waals surface area contributed by atoms with Crippen LogP contribution in [0.15, 0.2) is 24.3 Å². The molecule has 5 nitrogen and oxygen atoms in total. The Balaban J connectivity index is 1.88. The van der Waals surface area contributed by atoms with Crippen molar-refractivity contribution >= 4 is 12.0 Å². The van der Waals surface area contributed by atoms with Gasteiger partial charge in [0.15, 0.2) is 0 Å². The Morgan fingerprint density at radius 1 is 1.33 bits per heavy atom. The van der Waals surface area contributed by atoms with E-state index in [1.165, 1.54) is 18.2 Å². The predicted octanol–water partition coefficient (Wildman–Crippen LogP) is 3.08. The lowest BCUT2D eigenvalue weighted by molar-refractivity contribution is -0.138. The van der Waals surface area contributed by atoms with Crippen LogP contribution in [0, 0.1) is 12.8 Å². The van der Waals surface area contributed by atoms with Crippen molar-refractivity contribution in [3.63, 3.8) is 0 Å². The Hall–Kier alpha value is -2.04. The van der Waals surface area contributed by atoms with Gasteiger partial charge in [-0.1, -0.05) is 31.2 Å². The molecule has 1 saturated carbocycles. The number of rotatable bonds is 6. The molecule has 0 saturated heterocycles. The summed E-state index contributed by atoms with van der Waals surface area (Å²) in [6.07, 6.45) is 2.22. The fourth-order valence-corrected chi connectivity index (χ4v) is 3.36. The Morgan fingerprint density at radius 2 is 2.00 bits per heavy atom. The maximum atomic E-state index is 12.7. The predicted molar refractivity (Wildman–Crippen MR) is 93.9 cm³/mol. The SMILES string of the molecule is CC[C@H](CNC(=O)OC)C(=O)N(C)[C@H]1C[C@@H](c2ccccc2C)C1. The third-order valence-electron chi connectivity index (χ3n) is 5.16. The standard InChI is InChI=1S/C19H28N2O3/c1-5-14(12-20-19(23)24-4)18(22)21(3)16-10-15(11-16)17-9-7-6-8-13(17)2/h6-9,14-16H,5,10-12H2,1-4H3,(H,20,23)/t14-,15-,16+/m1/s1. The second-order valence-corrected chi connectivity index (χ2v) is 6.61. The molecule has 2 amide bonds. The largest absolute Gasteiger partial charge is 0.453 e. The molecule has 1 aliphatic carbocycles. The van der Waals surface area contributed by atoms with Gasteiger partial charge in [-0.05, 0) is 43.2 Å². The van der Waals surface area contributed by atoms with Crippen molar-refractivity contribution in [3.8, 4) is 0 Å².